The van der Waals surface area contributed by atoms with Gasteiger partial charge in [0.05, 0.1) is 12.0 Å². The Morgan fingerprint density at radius 1 is 1.40 bits per heavy atom. The van der Waals surface area contributed by atoms with Crippen molar-refractivity contribution in [1.82, 2.24) is 4.72 Å². The van der Waals surface area contributed by atoms with Crippen LogP contribution in [0.25, 0.3) is 0 Å². The summed E-state index contributed by atoms with van der Waals surface area (Å²) < 4.78 is 51.5. The van der Waals surface area contributed by atoms with Crippen LogP contribution in [0.4, 0.5) is 8.78 Å². The lowest BCUT2D eigenvalue weighted by atomic mass is 10.0. The van der Waals surface area contributed by atoms with Crippen molar-refractivity contribution in [1.29, 1.82) is 0 Å². The normalized spacial score (nSPS) is 14.8. The topological polar surface area (TPSA) is 104 Å². The number of hydrogen-bond acceptors (Lipinski definition) is 4. The molecule has 0 saturated carbocycles. The van der Waals surface area contributed by atoms with Gasteiger partial charge in [0.2, 0.25) is 10.0 Å². The highest BCUT2D eigenvalue weighted by molar-refractivity contribution is 7.89. The van der Waals surface area contributed by atoms with Crippen molar-refractivity contribution < 1.29 is 32.2 Å². The third-order valence-electron chi connectivity index (χ3n) is 2.36. The Bertz CT molecular complexity index is 615. The Kier molecular flexibility index (Phi) is 4.79. The standard InChI is InChI=1S/C11H13F2NO5S/c1-11(17,5-10(15)16)6-14-20(18,19)9-3-2-7(12)4-8(9)13/h2-4,14,17H,5-6H2,1H3,(H,15,16). The summed E-state index contributed by atoms with van der Waals surface area (Å²) in [5, 5.41) is 18.2. The first kappa shape index (κ1) is 16.5. The predicted octanol–water partition coefficient (Wildman–Crippen LogP) is 0.469. The molecule has 112 valence electrons. The zero-order valence-corrected chi connectivity index (χ0v) is 11.2. The summed E-state index contributed by atoms with van der Waals surface area (Å²) in [6.07, 6.45) is -0.693. The first-order valence-corrected chi connectivity index (χ1v) is 6.91. The van der Waals surface area contributed by atoms with E-state index >= 15 is 0 Å². The monoisotopic (exact) mass is 309 g/mol. The predicted molar refractivity (Wildman–Crippen MR) is 64.4 cm³/mol. The number of carboxylic acids is 1. The molecule has 0 saturated heterocycles. The smallest absolute Gasteiger partial charge is 0.306 e. The molecule has 0 amide bonds. The molecular weight excluding hydrogens is 296 g/mol. The van der Waals surface area contributed by atoms with Gasteiger partial charge in [-0.25, -0.2) is 21.9 Å². The van der Waals surface area contributed by atoms with E-state index in [2.05, 4.69) is 0 Å². The average Bonchev–Trinajstić information content (AvgIpc) is 2.24. The molecule has 0 aliphatic heterocycles. The molecule has 0 heterocycles. The lowest BCUT2D eigenvalue weighted by Crippen LogP contribution is -2.42. The van der Waals surface area contributed by atoms with E-state index in [0.29, 0.717) is 6.07 Å². The van der Waals surface area contributed by atoms with Crippen molar-refractivity contribution in [2.24, 2.45) is 0 Å². The quantitative estimate of drug-likeness (QED) is 0.708. The minimum Gasteiger partial charge on any atom is -0.481 e. The molecule has 1 aromatic carbocycles. The summed E-state index contributed by atoms with van der Waals surface area (Å²) in [5.41, 5.74) is -1.84. The molecule has 9 heteroatoms. The largest absolute Gasteiger partial charge is 0.481 e. The summed E-state index contributed by atoms with van der Waals surface area (Å²) in [6, 6.07) is 1.91. The molecule has 0 aromatic heterocycles. The molecule has 1 rings (SSSR count). The zero-order valence-electron chi connectivity index (χ0n) is 10.4. The van der Waals surface area contributed by atoms with Crippen molar-refractivity contribution in [2.45, 2.75) is 23.8 Å². The number of carboxylic acid groups (broad SMARTS) is 1. The summed E-state index contributed by atoms with van der Waals surface area (Å²) in [4.78, 5) is 9.68. The van der Waals surface area contributed by atoms with Crippen molar-refractivity contribution in [3.05, 3.63) is 29.8 Å². The van der Waals surface area contributed by atoms with E-state index in [4.69, 9.17) is 5.11 Å². The molecule has 1 aromatic rings. The highest BCUT2D eigenvalue weighted by Gasteiger charge is 2.28. The van der Waals surface area contributed by atoms with Gasteiger partial charge in [0, 0.05) is 12.6 Å². The number of rotatable bonds is 6. The van der Waals surface area contributed by atoms with Crippen LogP contribution in [0.5, 0.6) is 0 Å². The van der Waals surface area contributed by atoms with Gasteiger partial charge in [0.15, 0.2) is 0 Å². The second-order valence-electron chi connectivity index (χ2n) is 4.47. The fraction of sp³-hybridized carbons (Fsp3) is 0.364. The summed E-state index contributed by atoms with van der Waals surface area (Å²) in [6.45, 7) is 0.489. The summed E-state index contributed by atoms with van der Waals surface area (Å²) >= 11 is 0. The van der Waals surface area contributed by atoms with E-state index in [1.165, 1.54) is 0 Å². The number of carbonyl (C=O) groups is 1. The van der Waals surface area contributed by atoms with Gasteiger partial charge in [-0.3, -0.25) is 4.79 Å². The molecular formula is C11H13F2NO5S. The van der Waals surface area contributed by atoms with Gasteiger partial charge in [0.1, 0.15) is 16.5 Å². The average molecular weight is 309 g/mol. The van der Waals surface area contributed by atoms with Crippen LogP contribution in [0.1, 0.15) is 13.3 Å². The lowest BCUT2D eigenvalue weighted by molar-refractivity contribution is -0.141. The third kappa shape index (κ3) is 4.51. The molecule has 20 heavy (non-hydrogen) atoms. The van der Waals surface area contributed by atoms with E-state index in [1.54, 1.807) is 0 Å². The van der Waals surface area contributed by atoms with Crippen LogP contribution in [0.15, 0.2) is 23.1 Å². The van der Waals surface area contributed by atoms with E-state index < -0.39 is 51.1 Å². The van der Waals surface area contributed by atoms with Gasteiger partial charge in [-0.2, -0.15) is 0 Å². The highest BCUT2D eigenvalue weighted by atomic mass is 32.2. The molecule has 0 bridgehead atoms. The van der Waals surface area contributed by atoms with Crippen molar-refractivity contribution in [3.63, 3.8) is 0 Å². The van der Waals surface area contributed by atoms with E-state index in [1.807, 2.05) is 4.72 Å². The first-order valence-electron chi connectivity index (χ1n) is 5.42. The second kappa shape index (κ2) is 5.81. The van der Waals surface area contributed by atoms with Crippen molar-refractivity contribution >= 4 is 16.0 Å². The molecule has 6 nitrogen and oxygen atoms in total. The number of sulfonamides is 1. The van der Waals surface area contributed by atoms with Crippen LogP contribution in [0.2, 0.25) is 0 Å². The summed E-state index contributed by atoms with van der Waals surface area (Å²) in [7, 11) is -4.32. The van der Waals surface area contributed by atoms with E-state index in [9.17, 15) is 27.1 Å². The van der Waals surface area contributed by atoms with Gasteiger partial charge in [-0.05, 0) is 19.1 Å². The number of halogens is 2. The maximum absolute atomic E-state index is 13.4. The van der Waals surface area contributed by atoms with Crippen LogP contribution in [0.3, 0.4) is 0 Å². The van der Waals surface area contributed by atoms with Gasteiger partial charge < -0.3 is 10.2 Å². The van der Waals surface area contributed by atoms with Gasteiger partial charge >= 0.3 is 5.97 Å². The zero-order chi connectivity index (χ0) is 15.6. The SMILES string of the molecule is CC(O)(CNS(=O)(=O)c1ccc(F)cc1F)CC(=O)O. The minimum absolute atomic E-state index is 0.407. The second-order valence-corrected chi connectivity index (χ2v) is 6.20. The van der Waals surface area contributed by atoms with Crippen LogP contribution in [0, 0.1) is 11.6 Å². The van der Waals surface area contributed by atoms with Crippen LogP contribution >= 0.6 is 0 Å². The van der Waals surface area contributed by atoms with Crippen LogP contribution in [-0.2, 0) is 14.8 Å². The summed E-state index contributed by atoms with van der Waals surface area (Å²) in [5.74, 6) is -3.53. The van der Waals surface area contributed by atoms with Gasteiger partial charge in [-0.1, -0.05) is 0 Å². The van der Waals surface area contributed by atoms with Gasteiger partial charge in [0.25, 0.3) is 0 Å². The Labute approximate surface area is 114 Å². The minimum atomic E-state index is -4.32. The number of hydrogen-bond donors (Lipinski definition) is 3. The van der Waals surface area contributed by atoms with Crippen molar-refractivity contribution in [3.8, 4) is 0 Å². The number of aliphatic hydroxyl groups is 1. The molecule has 0 spiro atoms. The third-order valence-corrected chi connectivity index (χ3v) is 3.79. The Balaban J connectivity index is 2.88. The number of aliphatic carboxylic acids is 1. The maximum atomic E-state index is 13.4. The molecule has 0 fully saturated rings. The van der Waals surface area contributed by atoms with Gasteiger partial charge in [-0.15, -0.1) is 0 Å². The lowest BCUT2D eigenvalue weighted by Gasteiger charge is -2.21. The van der Waals surface area contributed by atoms with Crippen molar-refractivity contribution in [2.75, 3.05) is 6.54 Å². The number of benzene rings is 1. The Hall–Kier alpha value is -1.58. The Morgan fingerprint density at radius 2 is 2.00 bits per heavy atom. The van der Waals surface area contributed by atoms with E-state index in [-0.39, 0.29) is 0 Å². The Morgan fingerprint density at radius 3 is 2.50 bits per heavy atom. The molecule has 1 atom stereocenters. The maximum Gasteiger partial charge on any atom is 0.306 e. The van der Waals surface area contributed by atoms with Crippen LogP contribution < -0.4 is 4.72 Å². The molecule has 1 unspecified atom stereocenters. The van der Waals surface area contributed by atoms with E-state index in [0.717, 1.165) is 19.1 Å². The number of nitrogens with one attached hydrogen (secondary N) is 1. The molecule has 0 radical (unpaired) electrons. The fourth-order valence-corrected chi connectivity index (χ4v) is 2.63. The highest BCUT2D eigenvalue weighted by Crippen LogP contribution is 2.16. The van der Waals surface area contributed by atoms with Crippen LogP contribution in [-0.4, -0.2) is 36.7 Å². The molecule has 3 N–H and O–H groups in total. The fourth-order valence-electron chi connectivity index (χ4n) is 1.41. The molecule has 0 aliphatic carbocycles. The first-order chi connectivity index (χ1) is 9.03. The molecule has 0 aliphatic rings.